The number of carbonyl (C=O) groups is 2. The smallest absolute Gasteiger partial charge is 0.219 e. The molecule has 0 spiro atoms. The number of nitrogens with one attached hydrogen (secondary N) is 1. The molecule has 0 aromatic carbocycles. The van der Waals surface area contributed by atoms with Crippen LogP contribution in [0.2, 0.25) is 0 Å². The van der Waals surface area contributed by atoms with Crippen LogP contribution in [0, 0.1) is 0 Å². The summed E-state index contributed by atoms with van der Waals surface area (Å²) in [5, 5.41) is 3.11. The molecule has 3 N–H and O–H groups in total. The van der Waals surface area contributed by atoms with Gasteiger partial charge < -0.3 is 11.1 Å². The molecule has 0 saturated carbocycles. The molecule has 0 unspecified atom stereocenters. The molecular weight excluding hydrogens is 444 g/mol. The second kappa shape index (κ2) is 30.2. The van der Waals surface area contributed by atoms with Crippen molar-refractivity contribution in [3.63, 3.8) is 0 Å². The summed E-state index contributed by atoms with van der Waals surface area (Å²) in [4.78, 5) is 22.7. The monoisotopic (exact) mass is 508 g/mol. The SMILES string of the molecule is CCCCCCCCCCCCCCCCNC(=O)CCCCCCCCCCCCCCC(N)=O. The molecule has 0 aliphatic heterocycles. The maximum Gasteiger partial charge on any atom is 0.219 e. The number of rotatable bonds is 30. The van der Waals surface area contributed by atoms with E-state index in [1.165, 1.54) is 141 Å². The topological polar surface area (TPSA) is 72.2 Å². The Morgan fingerprint density at radius 1 is 0.444 bits per heavy atom. The molecule has 0 aliphatic carbocycles. The van der Waals surface area contributed by atoms with Gasteiger partial charge in [-0.25, -0.2) is 0 Å². The molecule has 4 heteroatoms. The van der Waals surface area contributed by atoms with E-state index in [-0.39, 0.29) is 11.8 Å². The van der Waals surface area contributed by atoms with E-state index in [0.29, 0.717) is 12.8 Å². The molecule has 4 nitrogen and oxygen atoms in total. The third kappa shape index (κ3) is 31.0. The number of nitrogens with two attached hydrogens (primary N) is 1. The zero-order valence-electron chi connectivity index (χ0n) is 24.4. The summed E-state index contributed by atoms with van der Waals surface area (Å²) >= 11 is 0. The van der Waals surface area contributed by atoms with E-state index in [4.69, 9.17) is 5.73 Å². The summed E-state index contributed by atoms with van der Waals surface area (Å²) in [5.41, 5.74) is 5.15. The first-order valence-corrected chi connectivity index (χ1v) is 16.2. The van der Waals surface area contributed by atoms with E-state index in [1.807, 2.05) is 0 Å². The fourth-order valence-corrected chi connectivity index (χ4v) is 4.99. The van der Waals surface area contributed by atoms with Gasteiger partial charge in [0.2, 0.25) is 11.8 Å². The van der Waals surface area contributed by atoms with Crippen molar-refractivity contribution in [1.82, 2.24) is 5.32 Å². The molecule has 2 amide bonds. The summed E-state index contributed by atoms with van der Waals surface area (Å²) in [6.07, 6.45) is 35.2. The third-order valence-electron chi connectivity index (χ3n) is 7.43. The largest absolute Gasteiger partial charge is 0.370 e. The molecular formula is C32H64N2O2. The van der Waals surface area contributed by atoms with Gasteiger partial charge in [0.1, 0.15) is 0 Å². The standard InChI is InChI=1S/C32H64N2O2/c1-2-3-4-5-6-7-8-9-12-15-18-21-24-27-30-34-32(36)29-26-23-20-17-14-11-10-13-16-19-22-25-28-31(33)35/h2-30H2,1H3,(H2,33,35)(H,34,36). The predicted molar refractivity (Wildman–Crippen MR) is 157 cm³/mol. The van der Waals surface area contributed by atoms with Gasteiger partial charge in [0.25, 0.3) is 0 Å². The van der Waals surface area contributed by atoms with Crippen molar-refractivity contribution < 1.29 is 9.59 Å². The van der Waals surface area contributed by atoms with Gasteiger partial charge in [-0.2, -0.15) is 0 Å². The first-order valence-electron chi connectivity index (χ1n) is 16.2. The summed E-state index contributed by atoms with van der Waals surface area (Å²) < 4.78 is 0. The summed E-state index contributed by atoms with van der Waals surface area (Å²) in [7, 11) is 0. The maximum atomic E-state index is 12.0. The van der Waals surface area contributed by atoms with Gasteiger partial charge in [-0.1, -0.05) is 155 Å². The number of carbonyl (C=O) groups excluding carboxylic acids is 2. The molecule has 0 aromatic heterocycles. The Labute approximate surface area is 225 Å². The van der Waals surface area contributed by atoms with Crippen molar-refractivity contribution >= 4 is 11.8 Å². The van der Waals surface area contributed by atoms with Gasteiger partial charge in [-0.3, -0.25) is 9.59 Å². The number of primary amides is 1. The van der Waals surface area contributed by atoms with Crippen LogP contribution in [-0.4, -0.2) is 18.4 Å². The minimum absolute atomic E-state index is 0.171. The van der Waals surface area contributed by atoms with Gasteiger partial charge in [-0.15, -0.1) is 0 Å². The minimum Gasteiger partial charge on any atom is -0.370 e. The van der Waals surface area contributed by atoms with Crippen molar-refractivity contribution in [2.24, 2.45) is 5.73 Å². The average molecular weight is 509 g/mol. The zero-order valence-corrected chi connectivity index (χ0v) is 24.4. The number of hydrogen-bond acceptors (Lipinski definition) is 2. The van der Waals surface area contributed by atoms with Gasteiger partial charge in [0.15, 0.2) is 0 Å². The van der Waals surface area contributed by atoms with Crippen LogP contribution in [0.25, 0.3) is 0 Å². The van der Waals surface area contributed by atoms with Gasteiger partial charge in [0.05, 0.1) is 0 Å². The highest BCUT2D eigenvalue weighted by atomic mass is 16.1. The molecule has 0 saturated heterocycles. The highest BCUT2D eigenvalue weighted by Gasteiger charge is 2.01. The lowest BCUT2D eigenvalue weighted by molar-refractivity contribution is -0.121. The Hall–Kier alpha value is -1.06. The minimum atomic E-state index is -0.171. The Morgan fingerprint density at radius 2 is 0.750 bits per heavy atom. The van der Waals surface area contributed by atoms with Crippen LogP contribution in [0.15, 0.2) is 0 Å². The number of hydrogen-bond donors (Lipinski definition) is 2. The van der Waals surface area contributed by atoms with E-state index in [2.05, 4.69) is 12.2 Å². The van der Waals surface area contributed by atoms with Crippen molar-refractivity contribution in [3.8, 4) is 0 Å². The first-order chi connectivity index (χ1) is 17.7. The van der Waals surface area contributed by atoms with E-state index in [0.717, 1.165) is 32.2 Å². The maximum absolute atomic E-state index is 12.0. The molecule has 0 heterocycles. The highest BCUT2D eigenvalue weighted by Crippen LogP contribution is 2.14. The van der Waals surface area contributed by atoms with Gasteiger partial charge in [-0.05, 0) is 19.3 Å². The summed E-state index contributed by atoms with van der Waals surface area (Å²) in [6.45, 7) is 3.15. The van der Waals surface area contributed by atoms with Crippen LogP contribution in [0.3, 0.4) is 0 Å². The normalized spacial score (nSPS) is 11.1. The van der Waals surface area contributed by atoms with Gasteiger partial charge >= 0.3 is 0 Å². The molecule has 0 bridgehead atoms. The van der Waals surface area contributed by atoms with Crippen LogP contribution < -0.4 is 11.1 Å². The van der Waals surface area contributed by atoms with E-state index in [1.54, 1.807) is 0 Å². The number of unbranched alkanes of at least 4 members (excludes halogenated alkanes) is 24. The molecule has 0 aliphatic rings. The van der Waals surface area contributed by atoms with Crippen LogP contribution in [0.5, 0.6) is 0 Å². The third-order valence-corrected chi connectivity index (χ3v) is 7.43. The lowest BCUT2D eigenvalue weighted by atomic mass is 10.0. The molecule has 36 heavy (non-hydrogen) atoms. The summed E-state index contributed by atoms with van der Waals surface area (Å²) in [5.74, 6) is 0.0800. The fraction of sp³-hybridized carbons (Fsp3) is 0.938. The quantitative estimate of drug-likeness (QED) is 0.0948. The lowest BCUT2D eigenvalue weighted by Gasteiger charge is -2.06. The molecule has 0 atom stereocenters. The predicted octanol–water partition coefficient (Wildman–Crippen LogP) is 9.53. The Kier molecular flexibility index (Phi) is 29.3. The van der Waals surface area contributed by atoms with Crippen LogP contribution in [-0.2, 0) is 9.59 Å². The first kappa shape index (κ1) is 34.9. The fourth-order valence-electron chi connectivity index (χ4n) is 4.99. The molecule has 214 valence electrons. The Balaban J connectivity index is 3.15. The molecule has 0 aromatic rings. The molecule has 0 rings (SSSR count). The van der Waals surface area contributed by atoms with Crippen molar-refractivity contribution in [2.45, 2.75) is 187 Å². The number of amides is 2. The van der Waals surface area contributed by atoms with E-state index in [9.17, 15) is 9.59 Å². The zero-order chi connectivity index (χ0) is 26.4. The van der Waals surface area contributed by atoms with E-state index >= 15 is 0 Å². The second-order valence-corrected chi connectivity index (χ2v) is 11.2. The Bertz CT molecular complexity index is 467. The van der Waals surface area contributed by atoms with Crippen molar-refractivity contribution in [1.29, 1.82) is 0 Å². The molecule has 0 radical (unpaired) electrons. The van der Waals surface area contributed by atoms with Crippen molar-refractivity contribution in [2.75, 3.05) is 6.54 Å². The van der Waals surface area contributed by atoms with Gasteiger partial charge in [0, 0.05) is 19.4 Å². The summed E-state index contributed by atoms with van der Waals surface area (Å²) in [6, 6.07) is 0. The van der Waals surface area contributed by atoms with Crippen LogP contribution in [0.4, 0.5) is 0 Å². The Morgan fingerprint density at radius 3 is 1.11 bits per heavy atom. The van der Waals surface area contributed by atoms with Crippen LogP contribution in [0.1, 0.15) is 187 Å². The second-order valence-electron chi connectivity index (χ2n) is 11.2. The lowest BCUT2D eigenvalue weighted by Crippen LogP contribution is -2.23. The van der Waals surface area contributed by atoms with E-state index < -0.39 is 0 Å². The average Bonchev–Trinajstić information content (AvgIpc) is 2.86. The molecule has 0 fully saturated rings. The van der Waals surface area contributed by atoms with Crippen LogP contribution >= 0.6 is 0 Å². The van der Waals surface area contributed by atoms with Crippen molar-refractivity contribution in [3.05, 3.63) is 0 Å². The highest BCUT2D eigenvalue weighted by molar-refractivity contribution is 5.75.